The van der Waals surface area contributed by atoms with Crippen LogP contribution in [0.2, 0.25) is 0 Å². The fourth-order valence-corrected chi connectivity index (χ4v) is 5.04. The third kappa shape index (κ3) is 6.46. The van der Waals surface area contributed by atoms with Crippen LogP contribution in [0.4, 0.5) is 0 Å². The van der Waals surface area contributed by atoms with Crippen molar-refractivity contribution >= 4 is 33.7 Å². The monoisotopic (exact) mass is 580 g/mol. The predicted molar refractivity (Wildman–Crippen MR) is 173 cm³/mol. The Bertz CT molecular complexity index is 1880. The normalized spacial score (nSPS) is 10.5. The number of hydrogen-bond acceptors (Lipinski definition) is 6. The van der Waals surface area contributed by atoms with Crippen LogP contribution in [-0.2, 0) is 22.3 Å². The van der Waals surface area contributed by atoms with Crippen LogP contribution in [0.25, 0.3) is 21.8 Å². The van der Waals surface area contributed by atoms with Crippen LogP contribution < -0.4 is 0 Å². The molecule has 0 amide bonds. The quantitative estimate of drug-likeness (QED) is 0.158. The number of aromatic nitrogens is 2. The van der Waals surface area contributed by atoms with Crippen molar-refractivity contribution in [3.8, 4) is 23.7 Å². The molecular formula is C38H32N2O4. The van der Waals surface area contributed by atoms with Gasteiger partial charge in [-0.15, -0.1) is 0 Å². The van der Waals surface area contributed by atoms with E-state index in [1.54, 1.807) is 38.4 Å². The number of aryl methyl sites for hydroxylation is 2. The fourth-order valence-electron chi connectivity index (χ4n) is 5.04. The average molecular weight is 581 g/mol. The van der Waals surface area contributed by atoms with Crippen LogP contribution in [0.3, 0.4) is 0 Å². The third-order valence-electron chi connectivity index (χ3n) is 7.20. The van der Waals surface area contributed by atoms with E-state index in [2.05, 4.69) is 59.6 Å². The van der Waals surface area contributed by atoms with Crippen LogP contribution in [0.1, 0.15) is 81.8 Å². The Morgan fingerprint density at radius 2 is 1.05 bits per heavy atom. The Morgan fingerprint density at radius 1 is 0.614 bits per heavy atom. The summed E-state index contributed by atoms with van der Waals surface area (Å²) in [5.74, 6) is 12.4. The molecule has 0 aliphatic heterocycles. The number of ether oxygens (including phenoxy) is 2. The van der Waals surface area contributed by atoms with Gasteiger partial charge in [0.15, 0.2) is 0 Å². The molecule has 0 spiro atoms. The van der Waals surface area contributed by atoms with Gasteiger partial charge < -0.3 is 9.47 Å². The molecule has 0 saturated carbocycles. The standard InChI is InChI=1S/C38H32N2O4/c1-5-27-21-29(17-15-25-19-31-11-9-13-33(35(31)39-23-25)37(41)43-7-3)30(22-28(27)6-2)18-16-26-20-32-12-10-14-34(36(32)40-24-26)38(42)44-8-4/h9-14,19-24H,5-8H2,1-4H3. The summed E-state index contributed by atoms with van der Waals surface area (Å²) < 4.78 is 10.4. The summed E-state index contributed by atoms with van der Waals surface area (Å²) in [5, 5.41) is 1.63. The molecule has 218 valence electrons. The lowest BCUT2D eigenvalue weighted by Gasteiger charge is -2.09. The zero-order valence-corrected chi connectivity index (χ0v) is 25.3. The zero-order valence-electron chi connectivity index (χ0n) is 25.3. The largest absolute Gasteiger partial charge is 0.462 e. The molecule has 0 fully saturated rings. The maximum absolute atomic E-state index is 12.4. The Kier molecular flexibility index (Phi) is 9.33. The topological polar surface area (TPSA) is 78.4 Å². The van der Waals surface area contributed by atoms with E-state index in [4.69, 9.17) is 9.47 Å². The lowest BCUT2D eigenvalue weighted by atomic mass is 9.95. The van der Waals surface area contributed by atoms with Crippen molar-refractivity contribution in [2.75, 3.05) is 13.2 Å². The molecule has 2 aromatic heterocycles. The molecule has 5 rings (SSSR count). The molecule has 0 saturated heterocycles. The number of esters is 2. The molecule has 6 heteroatoms. The van der Waals surface area contributed by atoms with Crippen molar-refractivity contribution in [3.05, 3.63) is 118 Å². The number of para-hydroxylation sites is 2. The van der Waals surface area contributed by atoms with E-state index in [0.717, 1.165) is 45.9 Å². The number of hydrogen-bond donors (Lipinski definition) is 0. The van der Waals surface area contributed by atoms with Gasteiger partial charge in [-0.2, -0.15) is 0 Å². The van der Waals surface area contributed by atoms with Crippen molar-refractivity contribution in [2.45, 2.75) is 40.5 Å². The zero-order chi connectivity index (χ0) is 31.1. The second-order valence-corrected chi connectivity index (χ2v) is 10.0. The first-order chi connectivity index (χ1) is 21.4. The van der Waals surface area contributed by atoms with Gasteiger partial charge in [-0.25, -0.2) is 9.59 Å². The van der Waals surface area contributed by atoms with Gasteiger partial charge in [-0.05, 0) is 74.2 Å². The average Bonchev–Trinajstić information content (AvgIpc) is 3.05. The summed E-state index contributed by atoms with van der Waals surface area (Å²) in [6, 6.07) is 19.0. The fraction of sp³-hybridized carbons (Fsp3) is 0.211. The second-order valence-electron chi connectivity index (χ2n) is 10.0. The first kappa shape index (κ1) is 30.0. The second kappa shape index (κ2) is 13.7. The van der Waals surface area contributed by atoms with Crippen molar-refractivity contribution < 1.29 is 19.1 Å². The van der Waals surface area contributed by atoms with Crippen LogP contribution in [-0.4, -0.2) is 35.1 Å². The molecule has 0 aliphatic rings. The molecule has 2 heterocycles. The minimum atomic E-state index is -0.392. The van der Waals surface area contributed by atoms with Gasteiger partial charge in [0.05, 0.1) is 35.4 Å². The Balaban J connectivity index is 1.52. The highest BCUT2D eigenvalue weighted by Gasteiger charge is 2.13. The molecule has 3 aromatic carbocycles. The summed E-state index contributed by atoms with van der Waals surface area (Å²) >= 11 is 0. The number of rotatable bonds is 6. The van der Waals surface area contributed by atoms with E-state index in [1.165, 1.54) is 11.1 Å². The van der Waals surface area contributed by atoms with Gasteiger partial charge in [0.2, 0.25) is 0 Å². The molecule has 0 atom stereocenters. The Hall–Kier alpha value is -5.46. The summed E-state index contributed by atoms with van der Waals surface area (Å²) in [7, 11) is 0. The molecule has 44 heavy (non-hydrogen) atoms. The number of pyridine rings is 2. The van der Waals surface area contributed by atoms with E-state index in [1.807, 2.05) is 36.4 Å². The molecule has 0 radical (unpaired) electrons. The summed E-state index contributed by atoms with van der Waals surface area (Å²) in [5.41, 5.74) is 7.61. The first-order valence-electron chi connectivity index (χ1n) is 14.8. The molecular weight excluding hydrogens is 548 g/mol. The molecule has 0 aliphatic carbocycles. The van der Waals surface area contributed by atoms with E-state index in [-0.39, 0.29) is 0 Å². The van der Waals surface area contributed by atoms with Crippen LogP contribution in [0.5, 0.6) is 0 Å². The predicted octanol–water partition coefficient (Wildman–Crippen LogP) is 7.06. The first-order valence-corrected chi connectivity index (χ1v) is 14.8. The molecule has 5 aromatic rings. The van der Waals surface area contributed by atoms with Crippen molar-refractivity contribution in [1.82, 2.24) is 9.97 Å². The van der Waals surface area contributed by atoms with E-state index < -0.39 is 11.9 Å². The highest BCUT2D eigenvalue weighted by molar-refractivity contribution is 6.03. The number of fused-ring (bicyclic) bond motifs is 2. The third-order valence-corrected chi connectivity index (χ3v) is 7.20. The van der Waals surface area contributed by atoms with Gasteiger partial charge in [-0.3, -0.25) is 9.97 Å². The maximum atomic E-state index is 12.4. The summed E-state index contributed by atoms with van der Waals surface area (Å²) in [6.07, 6.45) is 5.12. The van der Waals surface area contributed by atoms with Gasteiger partial charge in [0.25, 0.3) is 0 Å². The van der Waals surface area contributed by atoms with E-state index >= 15 is 0 Å². The van der Waals surface area contributed by atoms with Gasteiger partial charge in [0, 0.05) is 45.4 Å². The minimum absolute atomic E-state index is 0.300. The van der Waals surface area contributed by atoms with Crippen LogP contribution >= 0.6 is 0 Å². The van der Waals surface area contributed by atoms with Crippen molar-refractivity contribution in [3.63, 3.8) is 0 Å². The van der Waals surface area contributed by atoms with Crippen molar-refractivity contribution in [2.24, 2.45) is 0 Å². The number of nitrogens with zero attached hydrogens (tertiary/aromatic N) is 2. The Labute approximate surface area is 257 Å². The number of benzene rings is 3. The summed E-state index contributed by atoms with van der Waals surface area (Å²) in [6.45, 7) is 8.43. The van der Waals surface area contributed by atoms with Gasteiger partial charge in [-0.1, -0.05) is 61.8 Å². The van der Waals surface area contributed by atoms with E-state index in [9.17, 15) is 9.59 Å². The van der Waals surface area contributed by atoms with Crippen molar-refractivity contribution in [1.29, 1.82) is 0 Å². The summed E-state index contributed by atoms with van der Waals surface area (Å²) in [4.78, 5) is 33.8. The number of carbonyl (C=O) groups is 2. The molecule has 0 unspecified atom stereocenters. The molecule has 6 nitrogen and oxygen atoms in total. The van der Waals surface area contributed by atoms with Crippen LogP contribution in [0.15, 0.2) is 73.1 Å². The lowest BCUT2D eigenvalue weighted by molar-refractivity contribution is 0.0518. The lowest BCUT2D eigenvalue weighted by Crippen LogP contribution is -2.06. The minimum Gasteiger partial charge on any atom is -0.462 e. The molecule has 0 bridgehead atoms. The smallest absolute Gasteiger partial charge is 0.340 e. The highest BCUT2D eigenvalue weighted by atomic mass is 16.5. The SMILES string of the molecule is CCOC(=O)c1cccc2cc(C#Cc3cc(CC)c(CC)cc3C#Cc3cnc4c(C(=O)OCC)cccc4c3)cnc12. The van der Waals surface area contributed by atoms with Gasteiger partial charge >= 0.3 is 11.9 Å². The van der Waals surface area contributed by atoms with Gasteiger partial charge in [0.1, 0.15) is 0 Å². The molecule has 0 N–H and O–H groups in total. The van der Waals surface area contributed by atoms with Crippen LogP contribution in [0, 0.1) is 23.7 Å². The highest BCUT2D eigenvalue weighted by Crippen LogP contribution is 2.22. The Morgan fingerprint density at radius 3 is 1.43 bits per heavy atom. The maximum Gasteiger partial charge on any atom is 0.340 e. The number of carbonyl (C=O) groups excluding carboxylic acids is 2. The van der Waals surface area contributed by atoms with E-state index in [0.29, 0.717) is 35.4 Å².